The van der Waals surface area contributed by atoms with Crippen LogP contribution in [0.25, 0.3) is 11.7 Å². The number of benzene rings is 1. The second kappa shape index (κ2) is 7.31. The number of anilines is 1. The van der Waals surface area contributed by atoms with Gasteiger partial charge < -0.3 is 10.1 Å². The molecule has 156 valence electrons. The number of nitrogens with one attached hydrogen (secondary N) is 2. The van der Waals surface area contributed by atoms with Gasteiger partial charge in [-0.3, -0.25) is 19.7 Å². The molecule has 3 aromatic rings. The quantitative estimate of drug-likeness (QED) is 0.354. The summed E-state index contributed by atoms with van der Waals surface area (Å²) in [6, 6.07) is 7.13. The number of aromatic nitrogens is 4. The number of hydrogen-bond acceptors (Lipinski definition) is 8. The standard InChI is InChI=1S/C21H18N6O4/c1-11(28)12-3-2-4-16(8-12)31-21-25-18-14(7-13-9-17(29)24-19(13)30)10-22-27(18)20(26-21)23-15-5-6-15/h2-4,7-8,10,15H,5-6,9H2,1H3,(H,23,25,26)(H,24,29,30)/b13-7+. The molecule has 10 nitrogen and oxygen atoms in total. The maximum atomic E-state index is 11.9. The summed E-state index contributed by atoms with van der Waals surface area (Å²) in [5.41, 5.74) is 1.84. The van der Waals surface area contributed by atoms with E-state index in [1.807, 2.05) is 0 Å². The molecule has 0 spiro atoms. The number of fused-ring (bicyclic) bond motifs is 1. The molecular formula is C21H18N6O4. The van der Waals surface area contributed by atoms with Gasteiger partial charge in [0.1, 0.15) is 5.75 Å². The molecule has 3 heterocycles. The smallest absolute Gasteiger partial charge is 0.327 e. The molecule has 1 aliphatic heterocycles. The first-order valence-corrected chi connectivity index (χ1v) is 9.82. The summed E-state index contributed by atoms with van der Waals surface area (Å²) in [6.07, 6.45) is 5.23. The monoisotopic (exact) mass is 418 g/mol. The van der Waals surface area contributed by atoms with Gasteiger partial charge in [-0.25, -0.2) is 0 Å². The Morgan fingerprint density at radius 2 is 2.13 bits per heavy atom. The molecule has 1 saturated heterocycles. The van der Waals surface area contributed by atoms with Crippen LogP contribution in [0.2, 0.25) is 0 Å². The van der Waals surface area contributed by atoms with Crippen molar-refractivity contribution in [2.45, 2.75) is 32.2 Å². The molecule has 2 fully saturated rings. The molecule has 2 amide bonds. The second-order valence-electron chi connectivity index (χ2n) is 7.49. The number of Topliss-reactive ketones (excluding diaryl/α,β-unsaturated/α-hetero) is 1. The number of rotatable bonds is 6. The predicted molar refractivity (Wildman–Crippen MR) is 110 cm³/mol. The van der Waals surface area contributed by atoms with E-state index in [-0.39, 0.29) is 24.1 Å². The zero-order chi connectivity index (χ0) is 21.5. The fourth-order valence-electron chi connectivity index (χ4n) is 3.22. The molecule has 1 aromatic carbocycles. The molecule has 10 heteroatoms. The van der Waals surface area contributed by atoms with Crippen LogP contribution in [0, 0.1) is 0 Å². The average molecular weight is 418 g/mol. The third-order valence-corrected chi connectivity index (χ3v) is 4.96. The van der Waals surface area contributed by atoms with Gasteiger partial charge in [0.05, 0.1) is 12.6 Å². The Bertz CT molecular complexity index is 1270. The zero-order valence-corrected chi connectivity index (χ0v) is 16.6. The van der Waals surface area contributed by atoms with Gasteiger partial charge >= 0.3 is 6.01 Å². The van der Waals surface area contributed by atoms with Crippen LogP contribution in [-0.4, -0.2) is 43.2 Å². The van der Waals surface area contributed by atoms with E-state index in [1.54, 1.807) is 36.5 Å². The lowest BCUT2D eigenvalue weighted by atomic mass is 10.1. The first kappa shape index (κ1) is 18.9. The second-order valence-corrected chi connectivity index (χ2v) is 7.49. The van der Waals surface area contributed by atoms with Gasteiger partial charge in [-0.15, -0.1) is 0 Å². The van der Waals surface area contributed by atoms with E-state index in [0.29, 0.717) is 40.1 Å². The Morgan fingerprint density at radius 1 is 1.29 bits per heavy atom. The lowest BCUT2D eigenvalue weighted by molar-refractivity contribution is -0.124. The van der Waals surface area contributed by atoms with Crippen molar-refractivity contribution in [1.82, 2.24) is 24.9 Å². The van der Waals surface area contributed by atoms with E-state index in [9.17, 15) is 14.4 Å². The Labute approximate surface area is 176 Å². The highest BCUT2D eigenvalue weighted by molar-refractivity contribution is 6.15. The topological polar surface area (TPSA) is 128 Å². The molecule has 1 aliphatic carbocycles. The summed E-state index contributed by atoms with van der Waals surface area (Å²) in [5, 5.41) is 9.90. The lowest BCUT2D eigenvalue weighted by Gasteiger charge is -2.10. The van der Waals surface area contributed by atoms with Crippen molar-refractivity contribution in [3.63, 3.8) is 0 Å². The summed E-state index contributed by atoms with van der Waals surface area (Å²) in [6.45, 7) is 1.48. The van der Waals surface area contributed by atoms with Crippen LogP contribution in [0.15, 0.2) is 36.0 Å². The number of carbonyl (C=O) groups is 3. The van der Waals surface area contributed by atoms with Crippen LogP contribution < -0.4 is 15.4 Å². The van der Waals surface area contributed by atoms with Crippen molar-refractivity contribution < 1.29 is 19.1 Å². The third-order valence-electron chi connectivity index (χ3n) is 4.96. The van der Waals surface area contributed by atoms with Crippen LogP contribution in [-0.2, 0) is 9.59 Å². The molecule has 0 radical (unpaired) electrons. The molecule has 0 atom stereocenters. The highest BCUT2D eigenvalue weighted by atomic mass is 16.5. The van der Waals surface area contributed by atoms with Gasteiger partial charge in [-0.2, -0.15) is 19.6 Å². The molecule has 1 saturated carbocycles. The third kappa shape index (κ3) is 3.87. The molecular weight excluding hydrogens is 400 g/mol. The largest absolute Gasteiger partial charge is 0.424 e. The molecule has 5 rings (SSSR count). The van der Waals surface area contributed by atoms with Crippen LogP contribution in [0.4, 0.5) is 5.95 Å². The van der Waals surface area contributed by atoms with E-state index >= 15 is 0 Å². The Balaban J connectivity index is 1.56. The first-order valence-electron chi connectivity index (χ1n) is 9.82. The van der Waals surface area contributed by atoms with Gasteiger partial charge in [0.15, 0.2) is 11.4 Å². The van der Waals surface area contributed by atoms with Crippen LogP contribution in [0.1, 0.15) is 42.1 Å². The number of hydrogen-bond donors (Lipinski definition) is 2. The van der Waals surface area contributed by atoms with E-state index in [0.717, 1.165) is 12.8 Å². The maximum Gasteiger partial charge on any atom is 0.327 e. The van der Waals surface area contributed by atoms with Crippen LogP contribution in [0.3, 0.4) is 0 Å². The summed E-state index contributed by atoms with van der Waals surface area (Å²) in [7, 11) is 0. The molecule has 0 unspecified atom stereocenters. The van der Waals surface area contributed by atoms with E-state index in [1.165, 1.54) is 11.4 Å². The number of ketones is 1. The van der Waals surface area contributed by atoms with Gasteiger partial charge in [0, 0.05) is 22.7 Å². The molecule has 0 bridgehead atoms. The minimum absolute atomic E-state index is 0.00956. The number of nitrogens with zero attached hydrogens (tertiary/aromatic N) is 4. The van der Waals surface area contributed by atoms with Gasteiger partial charge in [-0.1, -0.05) is 12.1 Å². The Morgan fingerprint density at radius 3 is 2.84 bits per heavy atom. The van der Waals surface area contributed by atoms with Crippen molar-refractivity contribution >= 4 is 35.3 Å². The van der Waals surface area contributed by atoms with Gasteiger partial charge in [0.2, 0.25) is 11.9 Å². The number of imide groups is 1. The highest BCUT2D eigenvalue weighted by Crippen LogP contribution is 2.28. The molecule has 2 aromatic heterocycles. The predicted octanol–water partition coefficient (Wildman–Crippen LogP) is 2.12. The Kier molecular flexibility index (Phi) is 4.46. The fourth-order valence-corrected chi connectivity index (χ4v) is 3.22. The van der Waals surface area contributed by atoms with E-state index < -0.39 is 5.91 Å². The average Bonchev–Trinajstić information content (AvgIpc) is 3.37. The number of amides is 2. The van der Waals surface area contributed by atoms with E-state index in [2.05, 4.69) is 25.7 Å². The van der Waals surface area contributed by atoms with Crippen molar-refractivity contribution in [2.24, 2.45) is 0 Å². The minimum Gasteiger partial charge on any atom is -0.424 e. The first-order chi connectivity index (χ1) is 15.0. The summed E-state index contributed by atoms with van der Waals surface area (Å²) < 4.78 is 7.38. The van der Waals surface area contributed by atoms with Gasteiger partial charge in [0.25, 0.3) is 5.91 Å². The van der Waals surface area contributed by atoms with Crippen LogP contribution in [0.5, 0.6) is 11.8 Å². The summed E-state index contributed by atoms with van der Waals surface area (Å²) in [5.74, 6) is 0.0449. The van der Waals surface area contributed by atoms with Crippen molar-refractivity contribution in [1.29, 1.82) is 0 Å². The normalized spacial score (nSPS) is 17.3. The Hall–Kier alpha value is -4.08. The minimum atomic E-state index is -0.424. The molecule has 2 N–H and O–H groups in total. The SMILES string of the molecule is CC(=O)c1cccc(Oc2nc(NC3CC3)n3ncc(/C=C4\CC(=O)NC4=O)c3n2)c1. The van der Waals surface area contributed by atoms with Crippen molar-refractivity contribution in [3.05, 3.63) is 47.2 Å². The summed E-state index contributed by atoms with van der Waals surface area (Å²) >= 11 is 0. The maximum absolute atomic E-state index is 11.9. The van der Waals surface area contributed by atoms with E-state index in [4.69, 9.17) is 4.74 Å². The van der Waals surface area contributed by atoms with Crippen molar-refractivity contribution in [3.8, 4) is 11.8 Å². The highest BCUT2D eigenvalue weighted by Gasteiger charge is 2.26. The number of carbonyl (C=O) groups excluding carboxylic acids is 3. The fraction of sp³-hybridized carbons (Fsp3) is 0.238. The lowest BCUT2D eigenvalue weighted by Crippen LogP contribution is -2.19. The molecule has 2 aliphatic rings. The summed E-state index contributed by atoms with van der Waals surface area (Å²) in [4.78, 5) is 44.0. The zero-order valence-electron chi connectivity index (χ0n) is 16.6. The van der Waals surface area contributed by atoms with Crippen molar-refractivity contribution in [2.75, 3.05) is 5.32 Å². The van der Waals surface area contributed by atoms with Gasteiger partial charge in [-0.05, 0) is 38.0 Å². The number of ether oxygens (including phenoxy) is 1. The molecule has 31 heavy (non-hydrogen) atoms. The van der Waals surface area contributed by atoms with Crippen LogP contribution >= 0.6 is 0 Å².